The molecule has 6 heteroatoms. The number of nitrogens with one attached hydrogen (secondary N) is 2. The van der Waals surface area contributed by atoms with E-state index in [-0.39, 0.29) is 17.6 Å². The number of hydrogen-bond acceptors (Lipinski definition) is 3. The molecule has 1 heterocycles. The topological polar surface area (TPSA) is 46.0 Å². The molecule has 0 unspecified atom stereocenters. The van der Waals surface area contributed by atoms with Crippen LogP contribution in [0, 0.1) is 5.82 Å². The van der Waals surface area contributed by atoms with Crippen LogP contribution < -0.4 is 19.9 Å². The molecule has 1 saturated heterocycles. The smallest absolute Gasteiger partial charge is 0.282 e. The standard InChI is InChI=1S/C20H24FN3O2/c1-15(20(25)22-19-6-4-3-5-18(19)21)23-11-13-24(14-12-23)16-7-9-17(26-2)10-8-16/h3-10,15H,11-14H2,1-2H3,(H,22,25)/p+1/t15-/m0/s1. The first-order chi connectivity index (χ1) is 12.6. The number of methoxy groups -OCH3 is 1. The second kappa shape index (κ2) is 8.19. The van der Waals surface area contributed by atoms with Gasteiger partial charge in [-0.2, -0.15) is 0 Å². The minimum atomic E-state index is -0.410. The summed E-state index contributed by atoms with van der Waals surface area (Å²) in [5.41, 5.74) is 1.40. The normalized spacial score (nSPS) is 16.2. The first-order valence-corrected chi connectivity index (χ1v) is 8.87. The molecule has 138 valence electrons. The van der Waals surface area contributed by atoms with Gasteiger partial charge >= 0.3 is 0 Å². The molecule has 2 N–H and O–H groups in total. The Hall–Kier alpha value is -2.60. The van der Waals surface area contributed by atoms with Crippen molar-refractivity contribution >= 4 is 17.3 Å². The van der Waals surface area contributed by atoms with Crippen molar-refractivity contribution in [2.24, 2.45) is 0 Å². The van der Waals surface area contributed by atoms with Crippen LogP contribution >= 0.6 is 0 Å². The van der Waals surface area contributed by atoms with Gasteiger partial charge in [0.05, 0.1) is 39.0 Å². The number of hydrogen-bond donors (Lipinski definition) is 2. The first-order valence-electron chi connectivity index (χ1n) is 8.87. The number of anilines is 2. The molecule has 5 nitrogen and oxygen atoms in total. The summed E-state index contributed by atoms with van der Waals surface area (Å²) in [6.45, 7) is 5.36. The van der Waals surface area contributed by atoms with Gasteiger partial charge in [-0.25, -0.2) is 4.39 Å². The molecule has 26 heavy (non-hydrogen) atoms. The van der Waals surface area contributed by atoms with Crippen LogP contribution in [0.4, 0.5) is 15.8 Å². The summed E-state index contributed by atoms with van der Waals surface area (Å²) in [6.07, 6.45) is 0. The van der Waals surface area contributed by atoms with Crippen molar-refractivity contribution in [3.8, 4) is 5.75 Å². The van der Waals surface area contributed by atoms with Crippen LogP contribution in [0.15, 0.2) is 48.5 Å². The third-order valence-electron chi connectivity index (χ3n) is 4.98. The van der Waals surface area contributed by atoms with Gasteiger partial charge in [0.2, 0.25) is 0 Å². The molecule has 0 aromatic heterocycles. The number of nitrogens with zero attached hydrogens (tertiary/aromatic N) is 1. The number of rotatable bonds is 5. The maximum Gasteiger partial charge on any atom is 0.282 e. The van der Waals surface area contributed by atoms with Gasteiger partial charge in [-0.05, 0) is 43.3 Å². The van der Waals surface area contributed by atoms with Crippen molar-refractivity contribution in [2.75, 3.05) is 43.5 Å². The molecule has 0 spiro atoms. The predicted octanol–water partition coefficient (Wildman–Crippen LogP) is 1.57. The Balaban J connectivity index is 1.55. The van der Waals surface area contributed by atoms with Gasteiger partial charge in [-0.15, -0.1) is 0 Å². The zero-order valence-electron chi connectivity index (χ0n) is 15.2. The Labute approximate surface area is 153 Å². The van der Waals surface area contributed by atoms with E-state index < -0.39 is 5.82 Å². The van der Waals surface area contributed by atoms with Gasteiger partial charge in [0.25, 0.3) is 5.91 Å². The van der Waals surface area contributed by atoms with Gasteiger partial charge < -0.3 is 19.9 Å². The lowest BCUT2D eigenvalue weighted by molar-refractivity contribution is -0.914. The highest BCUT2D eigenvalue weighted by Gasteiger charge is 2.29. The van der Waals surface area contributed by atoms with E-state index in [1.54, 1.807) is 25.3 Å². The average Bonchev–Trinajstić information content (AvgIpc) is 2.69. The van der Waals surface area contributed by atoms with Gasteiger partial charge in [0, 0.05) is 5.69 Å². The fraction of sp³-hybridized carbons (Fsp3) is 0.350. The van der Waals surface area contributed by atoms with Gasteiger partial charge in [-0.3, -0.25) is 4.79 Å². The number of benzene rings is 2. The van der Waals surface area contributed by atoms with E-state index in [0.717, 1.165) is 37.6 Å². The van der Waals surface area contributed by atoms with Gasteiger partial charge in [0.1, 0.15) is 11.6 Å². The summed E-state index contributed by atoms with van der Waals surface area (Å²) >= 11 is 0. The fourth-order valence-electron chi connectivity index (χ4n) is 3.27. The van der Waals surface area contributed by atoms with Crippen LogP contribution in [0.25, 0.3) is 0 Å². The second-order valence-corrected chi connectivity index (χ2v) is 6.53. The van der Waals surface area contributed by atoms with Crippen molar-refractivity contribution in [2.45, 2.75) is 13.0 Å². The zero-order chi connectivity index (χ0) is 18.5. The monoisotopic (exact) mass is 358 g/mol. The van der Waals surface area contributed by atoms with Crippen LogP contribution in [-0.2, 0) is 4.79 Å². The number of carbonyl (C=O) groups is 1. The van der Waals surface area contributed by atoms with E-state index >= 15 is 0 Å². The number of halogens is 1. The maximum absolute atomic E-state index is 13.7. The van der Waals surface area contributed by atoms with E-state index in [2.05, 4.69) is 22.3 Å². The highest BCUT2D eigenvalue weighted by molar-refractivity contribution is 5.93. The Morgan fingerprint density at radius 2 is 1.81 bits per heavy atom. The van der Waals surface area contributed by atoms with Crippen molar-refractivity contribution in [1.82, 2.24) is 0 Å². The summed E-state index contributed by atoms with van der Waals surface area (Å²) in [7, 11) is 1.66. The number of quaternary nitrogens is 1. The SMILES string of the molecule is COc1ccc(N2CC[NH+]([C@@H](C)C(=O)Nc3ccccc3F)CC2)cc1. The van der Waals surface area contributed by atoms with E-state index in [1.165, 1.54) is 11.0 Å². The molecule has 1 amide bonds. The quantitative estimate of drug-likeness (QED) is 0.853. The summed E-state index contributed by atoms with van der Waals surface area (Å²) < 4.78 is 18.9. The fourth-order valence-corrected chi connectivity index (χ4v) is 3.27. The third kappa shape index (κ3) is 4.14. The van der Waals surface area contributed by atoms with Crippen molar-refractivity contribution in [3.63, 3.8) is 0 Å². The first kappa shape index (κ1) is 18.2. The number of amides is 1. The molecule has 2 aromatic rings. The number of ether oxygens (including phenoxy) is 1. The van der Waals surface area contributed by atoms with E-state index in [9.17, 15) is 9.18 Å². The highest BCUT2D eigenvalue weighted by atomic mass is 19.1. The van der Waals surface area contributed by atoms with Crippen molar-refractivity contribution in [3.05, 3.63) is 54.3 Å². The molecular formula is C20H25FN3O2+. The Bertz CT molecular complexity index is 743. The molecule has 2 aromatic carbocycles. The molecule has 0 aliphatic carbocycles. The molecule has 1 fully saturated rings. The Morgan fingerprint density at radius 1 is 1.15 bits per heavy atom. The minimum absolute atomic E-state index is 0.150. The predicted molar refractivity (Wildman–Crippen MR) is 100 cm³/mol. The molecule has 0 radical (unpaired) electrons. The van der Waals surface area contributed by atoms with E-state index in [1.807, 2.05) is 19.1 Å². The molecule has 0 saturated carbocycles. The molecule has 0 bridgehead atoms. The van der Waals surface area contributed by atoms with Gasteiger partial charge in [-0.1, -0.05) is 12.1 Å². The van der Waals surface area contributed by atoms with E-state index in [0.29, 0.717) is 0 Å². The highest BCUT2D eigenvalue weighted by Crippen LogP contribution is 2.19. The van der Waals surface area contributed by atoms with Crippen molar-refractivity contribution < 1.29 is 18.8 Å². The zero-order valence-corrected chi connectivity index (χ0v) is 15.2. The van der Waals surface area contributed by atoms with Crippen LogP contribution in [0.1, 0.15) is 6.92 Å². The summed E-state index contributed by atoms with van der Waals surface area (Å²) in [6, 6.07) is 14.0. The maximum atomic E-state index is 13.7. The Morgan fingerprint density at radius 3 is 2.42 bits per heavy atom. The van der Waals surface area contributed by atoms with Crippen LogP contribution in [-0.4, -0.2) is 45.2 Å². The number of carbonyl (C=O) groups excluding carboxylic acids is 1. The Kier molecular flexibility index (Phi) is 5.73. The summed E-state index contributed by atoms with van der Waals surface area (Å²) in [5, 5.41) is 2.70. The number of para-hydroxylation sites is 1. The lowest BCUT2D eigenvalue weighted by Gasteiger charge is -2.36. The lowest BCUT2D eigenvalue weighted by atomic mass is 10.2. The van der Waals surface area contributed by atoms with Crippen LogP contribution in [0.2, 0.25) is 0 Å². The van der Waals surface area contributed by atoms with Crippen LogP contribution in [0.3, 0.4) is 0 Å². The molecule has 3 rings (SSSR count). The average molecular weight is 358 g/mol. The van der Waals surface area contributed by atoms with Crippen molar-refractivity contribution in [1.29, 1.82) is 0 Å². The lowest BCUT2D eigenvalue weighted by Crippen LogP contribution is -3.19. The third-order valence-corrected chi connectivity index (χ3v) is 4.98. The van der Waals surface area contributed by atoms with Crippen LogP contribution in [0.5, 0.6) is 5.75 Å². The minimum Gasteiger partial charge on any atom is -0.497 e. The molecule has 1 aliphatic heterocycles. The van der Waals surface area contributed by atoms with E-state index in [4.69, 9.17) is 4.74 Å². The largest absolute Gasteiger partial charge is 0.497 e. The molecule has 1 atom stereocenters. The summed E-state index contributed by atoms with van der Waals surface area (Å²) in [4.78, 5) is 16.0. The molecular weight excluding hydrogens is 333 g/mol. The second-order valence-electron chi connectivity index (χ2n) is 6.53. The molecule has 1 aliphatic rings. The van der Waals surface area contributed by atoms with Gasteiger partial charge in [0.15, 0.2) is 6.04 Å². The number of piperazine rings is 1. The summed E-state index contributed by atoms with van der Waals surface area (Å²) in [5.74, 6) is 0.284.